The molecule has 1 fully saturated rings. The molecule has 0 N–H and O–H groups in total. The fourth-order valence-electron chi connectivity index (χ4n) is 4.99. The van der Waals surface area contributed by atoms with Gasteiger partial charge in [-0.15, -0.1) is 0 Å². The zero-order valence-electron chi connectivity index (χ0n) is 21.8. The highest BCUT2D eigenvalue weighted by atomic mass is 19.1. The van der Waals surface area contributed by atoms with Gasteiger partial charge in [0, 0.05) is 62.4 Å². The number of fused-ring (bicyclic) bond motifs is 2. The summed E-state index contributed by atoms with van der Waals surface area (Å²) in [6, 6.07) is 14.3. The van der Waals surface area contributed by atoms with Gasteiger partial charge in [0.1, 0.15) is 11.6 Å². The van der Waals surface area contributed by atoms with Crippen LogP contribution in [-0.4, -0.2) is 58.7 Å². The van der Waals surface area contributed by atoms with E-state index in [0.717, 1.165) is 28.0 Å². The van der Waals surface area contributed by atoms with Gasteiger partial charge in [0.05, 0.1) is 24.4 Å². The van der Waals surface area contributed by atoms with Crippen LogP contribution in [0.1, 0.15) is 23.2 Å². The molecule has 0 aliphatic carbocycles. The van der Waals surface area contributed by atoms with Gasteiger partial charge >= 0.3 is 0 Å². The second kappa shape index (κ2) is 10.9. The Balaban J connectivity index is 1.33. The summed E-state index contributed by atoms with van der Waals surface area (Å²) in [5.41, 5.74) is 3.34. The maximum Gasteiger partial charge on any atom is 0.231 e. The lowest BCUT2D eigenvalue weighted by Gasteiger charge is -2.31. The van der Waals surface area contributed by atoms with E-state index in [1.165, 1.54) is 12.1 Å². The summed E-state index contributed by atoms with van der Waals surface area (Å²) in [4.78, 5) is 22.5. The fraction of sp³-hybridized carbons (Fsp3) is 0.345. The Kier molecular flexibility index (Phi) is 7.02. The normalized spacial score (nSPS) is 14.7. The molecule has 4 heterocycles. The summed E-state index contributed by atoms with van der Waals surface area (Å²) in [6.07, 6.45) is 2.18. The van der Waals surface area contributed by atoms with Crippen LogP contribution in [0.5, 0.6) is 11.5 Å². The van der Waals surface area contributed by atoms with Crippen LogP contribution in [-0.2, 0) is 29.2 Å². The van der Waals surface area contributed by atoms with Crippen molar-refractivity contribution in [1.82, 2.24) is 19.7 Å². The van der Waals surface area contributed by atoms with Gasteiger partial charge in [-0.25, -0.2) is 9.37 Å². The first-order chi connectivity index (χ1) is 19.0. The van der Waals surface area contributed by atoms with Crippen molar-refractivity contribution in [2.75, 3.05) is 38.0 Å². The van der Waals surface area contributed by atoms with Gasteiger partial charge in [-0.1, -0.05) is 6.07 Å². The van der Waals surface area contributed by atoms with E-state index >= 15 is 0 Å². The zero-order chi connectivity index (χ0) is 26.8. The summed E-state index contributed by atoms with van der Waals surface area (Å²) in [6.45, 7) is 5.86. The number of anilines is 1. The highest BCUT2D eigenvalue weighted by Crippen LogP contribution is 2.33. The molecule has 2 aromatic heterocycles. The van der Waals surface area contributed by atoms with Crippen molar-refractivity contribution in [3.63, 3.8) is 0 Å². The molecule has 0 bridgehead atoms. The Morgan fingerprint density at radius 1 is 1.03 bits per heavy atom. The third kappa shape index (κ3) is 5.65. The summed E-state index contributed by atoms with van der Waals surface area (Å²) in [5.74, 6) is 1.79. The first kappa shape index (κ1) is 25.1. The molecule has 9 nitrogen and oxygen atoms in total. The van der Waals surface area contributed by atoms with Gasteiger partial charge in [-0.05, 0) is 48.9 Å². The minimum absolute atomic E-state index is 0.00653. The van der Waals surface area contributed by atoms with E-state index in [4.69, 9.17) is 19.2 Å². The zero-order valence-corrected chi connectivity index (χ0v) is 21.8. The molecule has 6 rings (SSSR count). The van der Waals surface area contributed by atoms with E-state index in [1.807, 2.05) is 48.4 Å². The predicted molar refractivity (Wildman–Crippen MR) is 143 cm³/mol. The molecule has 0 saturated carbocycles. The third-order valence-corrected chi connectivity index (χ3v) is 7.00. The number of hydrogen-bond acceptors (Lipinski definition) is 7. The topological polar surface area (TPSA) is 82.0 Å². The molecular weight excluding hydrogens is 501 g/mol. The summed E-state index contributed by atoms with van der Waals surface area (Å²) >= 11 is 0. The molecule has 4 aromatic rings. The molecule has 2 aromatic carbocycles. The highest BCUT2D eigenvalue weighted by molar-refractivity contribution is 5.82. The first-order valence-corrected chi connectivity index (χ1v) is 13.1. The predicted octanol–water partition coefficient (Wildman–Crippen LogP) is 4.06. The number of nitrogens with zero attached hydrogens (tertiary/aromatic N) is 5. The average Bonchev–Trinajstić information content (AvgIpc) is 3.59. The van der Waals surface area contributed by atoms with Gasteiger partial charge in [0.25, 0.3) is 0 Å². The minimum atomic E-state index is -0.329. The van der Waals surface area contributed by atoms with Crippen molar-refractivity contribution in [2.45, 2.75) is 33.0 Å². The molecular formula is C29H30FN5O4. The number of ether oxygens (including phenoxy) is 3. The molecule has 0 atom stereocenters. The van der Waals surface area contributed by atoms with Crippen molar-refractivity contribution in [3.05, 3.63) is 77.4 Å². The van der Waals surface area contributed by atoms with Crippen LogP contribution in [0.25, 0.3) is 10.9 Å². The third-order valence-electron chi connectivity index (χ3n) is 7.00. The Bertz CT molecular complexity index is 1500. The number of carbonyl (C=O) groups excluding carboxylic acids is 1. The van der Waals surface area contributed by atoms with Crippen molar-refractivity contribution < 1.29 is 23.4 Å². The van der Waals surface area contributed by atoms with E-state index in [1.54, 1.807) is 10.7 Å². The molecule has 0 spiro atoms. The van der Waals surface area contributed by atoms with Crippen LogP contribution < -0.4 is 14.4 Å². The van der Waals surface area contributed by atoms with Crippen LogP contribution in [0.3, 0.4) is 0 Å². The number of morpholine rings is 1. The molecule has 1 amide bonds. The van der Waals surface area contributed by atoms with E-state index < -0.39 is 0 Å². The maximum atomic E-state index is 14.0. The summed E-state index contributed by atoms with van der Waals surface area (Å²) < 4.78 is 32.4. The monoisotopic (exact) mass is 531 g/mol. The van der Waals surface area contributed by atoms with E-state index in [-0.39, 0.29) is 18.5 Å². The number of pyridine rings is 1. The van der Waals surface area contributed by atoms with Crippen LogP contribution in [0, 0.1) is 12.7 Å². The van der Waals surface area contributed by atoms with Crippen LogP contribution >= 0.6 is 0 Å². The molecule has 1 saturated heterocycles. The van der Waals surface area contributed by atoms with Gasteiger partial charge in [-0.3, -0.25) is 9.48 Å². The average molecular weight is 532 g/mol. The number of aromatic nitrogens is 3. The molecule has 0 radical (unpaired) electrons. The molecule has 2 aliphatic heterocycles. The highest BCUT2D eigenvalue weighted by Gasteiger charge is 2.23. The van der Waals surface area contributed by atoms with Crippen molar-refractivity contribution in [2.24, 2.45) is 0 Å². The number of amides is 1. The number of carbonyl (C=O) groups is 1. The lowest BCUT2D eigenvalue weighted by Crippen LogP contribution is -2.38. The van der Waals surface area contributed by atoms with Gasteiger partial charge in [0.15, 0.2) is 11.5 Å². The maximum absolute atomic E-state index is 14.0. The van der Waals surface area contributed by atoms with E-state index in [9.17, 15) is 9.18 Å². The summed E-state index contributed by atoms with van der Waals surface area (Å²) in [5, 5.41) is 5.25. The van der Waals surface area contributed by atoms with Gasteiger partial charge < -0.3 is 24.0 Å². The molecule has 2 aliphatic rings. The minimum Gasteiger partial charge on any atom is -0.454 e. The van der Waals surface area contributed by atoms with Gasteiger partial charge in [0.2, 0.25) is 12.7 Å². The molecule has 10 heteroatoms. The SMILES string of the molecule is Cc1ccn(CCC(=O)N(Cc2ccc3c(c2)OCO3)Cc2cc3ccc(F)cc3nc2N2CCOCC2)n1. The first-order valence-electron chi connectivity index (χ1n) is 13.1. The van der Waals surface area contributed by atoms with E-state index in [2.05, 4.69) is 10.00 Å². The number of hydrogen-bond donors (Lipinski definition) is 0. The largest absolute Gasteiger partial charge is 0.454 e. The number of benzene rings is 2. The standard InChI is InChI=1S/C29H30FN5O4/c1-20-6-8-35(32-20)9-7-28(36)34(17-21-2-5-26-27(14-21)39-19-38-26)18-23-15-22-3-4-24(30)16-25(22)31-29(23)33-10-12-37-13-11-33/h2-6,8,14-16H,7,9-13,17-19H2,1H3. The second-order valence-electron chi connectivity index (χ2n) is 9.82. The number of rotatable bonds is 8. The van der Waals surface area contributed by atoms with Crippen molar-refractivity contribution in [1.29, 1.82) is 0 Å². The lowest BCUT2D eigenvalue weighted by atomic mass is 10.1. The second-order valence-corrected chi connectivity index (χ2v) is 9.82. The Morgan fingerprint density at radius 2 is 1.87 bits per heavy atom. The molecule has 0 unspecified atom stereocenters. The Labute approximate surface area is 225 Å². The van der Waals surface area contributed by atoms with Crippen LogP contribution in [0.4, 0.5) is 10.2 Å². The number of aryl methyl sites for hydroxylation is 2. The Hall–Kier alpha value is -4.18. The number of halogens is 1. The summed E-state index contributed by atoms with van der Waals surface area (Å²) in [7, 11) is 0. The molecule has 202 valence electrons. The quantitative estimate of drug-likeness (QED) is 0.339. The Morgan fingerprint density at radius 3 is 2.69 bits per heavy atom. The van der Waals surface area contributed by atoms with Crippen molar-refractivity contribution >= 4 is 22.6 Å². The fourth-order valence-corrected chi connectivity index (χ4v) is 4.99. The van der Waals surface area contributed by atoms with E-state index in [0.29, 0.717) is 69.4 Å². The van der Waals surface area contributed by atoms with Crippen LogP contribution in [0.15, 0.2) is 54.7 Å². The molecule has 39 heavy (non-hydrogen) atoms. The lowest BCUT2D eigenvalue weighted by molar-refractivity contribution is -0.132. The van der Waals surface area contributed by atoms with Crippen LogP contribution in [0.2, 0.25) is 0 Å². The van der Waals surface area contributed by atoms with Gasteiger partial charge in [-0.2, -0.15) is 5.10 Å². The smallest absolute Gasteiger partial charge is 0.231 e. The van der Waals surface area contributed by atoms with Crippen molar-refractivity contribution in [3.8, 4) is 11.5 Å².